The van der Waals surface area contributed by atoms with Crippen LogP contribution in [0.25, 0.3) is 0 Å². The van der Waals surface area contributed by atoms with E-state index in [4.69, 9.17) is 9.47 Å². The molecule has 0 radical (unpaired) electrons. The van der Waals surface area contributed by atoms with Gasteiger partial charge in [0, 0.05) is 24.8 Å². The van der Waals surface area contributed by atoms with Crippen molar-refractivity contribution in [1.82, 2.24) is 9.80 Å². The van der Waals surface area contributed by atoms with Crippen LogP contribution in [0.4, 0.5) is 5.69 Å². The van der Waals surface area contributed by atoms with Crippen molar-refractivity contribution in [3.63, 3.8) is 0 Å². The Morgan fingerprint density at radius 3 is 2.53 bits per heavy atom. The van der Waals surface area contributed by atoms with E-state index < -0.39 is 0 Å². The standard InChI is InChI=1S/C23H29N3O4/c1-25(15-22(27)24-18-6-4-7-20(14-18)30-3)23(28)16-26-13-5-8-21(26)17-9-11-19(29-2)12-10-17/h4,6-7,9-12,14,21H,5,8,13,15-16H2,1-3H3,(H,24,27). The second-order valence-corrected chi connectivity index (χ2v) is 7.43. The molecule has 30 heavy (non-hydrogen) atoms. The predicted octanol–water partition coefficient (Wildman–Crippen LogP) is 2.94. The minimum atomic E-state index is -0.243. The van der Waals surface area contributed by atoms with Gasteiger partial charge in [0.05, 0.1) is 27.3 Å². The summed E-state index contributed by atoms with van der Waals surface area (Å²) < 4.78 is 10.4. The van der Waals surface area contributed by atoms with Crippen molar-refractivity contribution in [1.29, 1.82) is 0 Å². The van der Waals surface area contributed by atoms with Crippen LogP contribution in [0.1, 0.15) is 24.4 Å². The SMILES string of the molecule is COc1ccc(C2CCCN2CC(=O)N(C)CC(=O)Nc2cccc(OC)c2)cc1. The van der Waals surface area contributed by atoms with E-state index in [0.29, 0.717) is 18.0 Å². The Morgan fingerprint density at radius 1 is 1.10 bits per heavy atom. The number of anilines is 1. The van der Waals surface area contributed by atoms with Crippen molar-refractivity contribution >= 4 is 17.5 Å². The highest BCUT2D eigenvalue weighted by Crippen LogP contribution is 2.32. The number of carbonyl (C=O) groups excluding carboxylic acids is 2. The lowest BCUT2D eigenvalue weighted by molar-refractivity contribution is -0.134. The first-order chi connectivity index (χ1) is 14.5. The van der Waals surface area contributed by atoms with Crippen LogP contribution in [-0.4, -0.2) is 62.5 Å². The number of likely N-dealkylation sites (N-methyl/N-ethyl adjacent to an activating group) is 1. The minimum absolute atomic E-state index is 0.00289. The number of nitrogens with zero attached hydrogens (tertiary/aromatic N) is 2. The second-order valence-electron chi connectivity index (χ2n) is 7.43. The Bertz CT molecular complexity index is 869. The number of nitrogens with one attached hydrogen (secondary N) is 1. The monoisotopic (exact) mass is 411 g/mol. The molecule has 1 aliphatic rings. The highest BCUT2D eigenvalue weighted by atomic mass is 16.5. The molecule has 1 unspecified atom stereocenters. The molecule has 1 atom stereocenters. The molecule has 1 saturated heterocycles. The molecule has 0 aromatic heterocycles. The maximum absolute atomic E-state index is 12.7. The van der Waals surface area contributed by atoms with Gasteiger partial charge in [0.25, 0.3) is 0 Å². The molecular weight excluding hydrogens is 382 g/mol. The summed E-state index contributed by atoms with van der Waals surface area (Å²) in [6.45, 7) is 1.16. The summed E-state index contributed by atoms with van der Waals surface area (Å²) in [6.07, 6.45) is 2.06. The second kappa shape index (κ2) is 10.1. The first kappa shape index (κ1) is 21.6. The van der Waals surface area contributed by atoms with Crippen molar-refractivity contribution in [3.05, 3.63) is 54.1 Å². The number of rotatable bonds is 8. The molecule has 0 aliphatic carbocycles. The zero-order valence-corrected chi connectivity index (χ0v) is 17.8. The quantitative estimate of drug-likeness (QED) is 0.723. The van der Waals surface area contributed by atoms with E-state index in [9.17, 15) is 9.59 Å². The highest BCUT2D eigenvalue weighted by Gasteiger charge is 2.28. The van der Waals surface area contributed by atoms with E-state index >= 15 is 0 Å². The van der Waals surface area contributed by atoms with Crippen molar-refractivity contribution in [2.45, 2.75) is 18.9 Å². The Morgan fingerprint density at radius 2 is 1.83 bits per heavy atom. The molecule has 1 fully saturated rings. The number of ether oxygens (including phenoxy) is 2. The number of hydrogen-bond acceptors (Lipinski definition) is 5. The van der Waals surface area contributed by atoms with Crippen LogP contribution in [0.15, 0.2) is 48.5 Å². The molecular formula is C23H29N3O4. The topological polar surface area (TPSA) is 71.1 Å². The summed E-state index contributed by atoms with van der Waals surface area (Å²) in [6, 6.07) is 15.3. The van der Waals surface area contributed by atoms with Crippen LogP contribution in [-0.2, 0) is 9.59 Å². The smallest absolute Gasteiger partial charge is 0.243 e. The average Bonchev–Trinajstić information content (AvgIpc) is 3.21. The maximum Gasteiger partial charge on any atom is 0.243 e. The molecule has 2 aromatic carbocycles. The van der Waals surface area contributed by atoms with E-state index in [1.54, 1.807) is 45.5 Å². The summed E-state index contributed by atoms with van der Waals surface area (Å²) in [4.78, 5) is 28.7. The molecule has 7 nitrogen and oxygen atoms in total. The molecule has 0 saturated carbocycles. The van der Waals surface area contributed by atoms with Gasteiger partial charge in [-0.2, -0.15) is 0 Å². The third-order valence-electron chi connectivity index (χ3n) is 5.36. The molecule has 1 N–H and O–H groups in total. The van der Waals surface area contributed by atoms with Gasteiger partial charge in [-0.15, -0.1) is 0 Å². The number of likely N-dealkylation sites (tertiary alicyclic amines) is 1. The van der Waals surface area contributed by atoms with E-state index in [0.717, 1.165) is 25.1 Å². The minimum Gasteiger partial charge on any atom is -0.497 e. The van der Waals surface area contributed by atoms with Crippen LogP contribution in [0, 0.1) is 0 Å². The van der Waals surface area contributed by atoms with Gasteiger partial charge in [-0.3, -0.25) is 14.5 Å². The number of carbonyl (C=O) groups is 2. The third-order valence-corrected chi connectivity index (χ3v) is 5.36. The van der Waals surface area contributed by atoms with Gasteiger partial charge in [-0.25, -0.2) is 0 Å². The first-order valence-electron chi connectivity index (χ1n) is 10.1. The van der Waals surface area contributed by atoms with Gasteiger partial charge in [0.2, 0.25) is 11.8 Å². The van der Waals surface area contributed by atoms with Crippen molar-refractivity contribution in [2.75, 3.05) is 46.2 Å². The lowest BCUT2D eigenvalue weighted by Crippen LogP contribution is -2.41. The third kappa shape index (κ3) is 5.51. The van der Waals surface area contributed by atoms with E-state index in [1.807, 2.05) is 12.1 Å². The van der Waals surface area contributed by atoms with Gasteiger partial charge in [0.15, 0.2) is 0 Å². The zero-order chi connectivity index (χ0) is 21.5. The largest absolute Gasteiger partial charge is 0.497 e. The predicted molar refractivity (Wildman–Crippen MR) is 116 cm³/mol. The fourth-order valence-electron chi connectivity index (χ4n) is 3.72. The van der Waals surface area contributed by atoms with E-state index in [2.05, 4.69) is 22.3 Å². The van der Waals surface area contributed by atoms with E-state index in [-0.39, 0.29) is 24.4 Å². The molecule has 2 aromatic rings. The normalized spacial score (nSPS) is 16.2. The molecule has 2 amide bonds. The summed E-state index contributed by atoms with van der Waals surface area (Å²) >= 11 is 0. The van der Waals surface area contributed by atoms with Gasteiger partial charge in [-0.05, 0) is 49.2 Å². The molecule has 160 valence electrons. The van der Waals surface area contributed by atoms with Gasteiger partial charge < -0.3 is 19.7 Å². The molecule has 1 aliphatic heterocycles. The van der Waals surface area contributed by atoms with Crippen molar-refractivity contribution in [2.24, 2.45) is 0 Å². The molecule has 3 rings (SSSR count). The lowest BCUT2D eigenvalue weighted by atomic mass is 10.0. The van der Waals surface area contributed by atoms with Crippen LogP contribution >= 0.6 is 0 Å². The maximum atomic E-state index is 12.7. The molecule has 0 spiro atoms. The summed E-state index contributed by atoms with van der Waals surface area (Å²) in [5.74, 6) is 1.17. The van der Waals surface area contributed by atoms with Gasteiger partial charge in [-0.1, -0.05) is 18.2 Å². The fraction of sp³-hybridized carbons (Fsp3) is 0.391. The number of amides is 2. The Hall–Kier alpha value is -3.06. The number of hydrogen-bond donors (Lipinski definition) is 1. The Labute approximate surface area is 177 Å². The zero-order valence-electron chi connectivity index (χ0n) is 17.8. The van der Waals surface area contributed by atoms with Crippen LogP contribution < -0.4 is 14.8 Å². The molecule has 0 bridgehead atoms. The molecule has 1 heterocycles. The van der Waals surface area contributed by atoms with Crippen LogP contribution in [0.5, 0.6) is 11.5 Å². The van der Waals surface area contributed by atoms with Crippen LogP contribution in [0.2, 0.25) is 0 Å². The average molecular weight is 412 g/mol. The summed E-state index contributed by atoms with van der Waals surface area (Å²) in [5.41, 5.74) is 1.82. The van der Waals surface area contributed by atoms with Crippen LogP contribution in [0.3, 0.4) is 0 Å². The number of methoxy groups -OCH3 is 2. The van der Waals surface area contributed by atoms with Crippen molar-refractivity contribution in [3.8, 4) is 11.5 Å². The van der Waals surface area contributed by atoms with Gasteiger partial charge >= 0.3 is 0 Å². The Kier molecular flexibility index (Phi) is 7.30. The Balaban J connectivity index is 1.54. The lowest BCUT2D eigenvalue weighted by Gasteiger charge is -2.26. The first-order valence-corrected chi connectivity index (χ1v) is 10.1. The van der Waals surface area contributed by atoms with Gasteiger partial charge in [0.1, 0.15) is 11.5 Å². The number of benzene rings is 2. The van der Waals surface area contributed by atoms with E-state index in [1.165, 1.54) is 10.5 Å². The summed E-state index contributed by atoms with van der Waals surface area (Å²) in [5, 5.41) is 2.80. The fourth-order valence-corrected chi connectivity index (χ4v) is 3.72. The summed E-state index contributed by atoms with van der Waals surface area (Å²) in [7, 11) is 4.88. The van der Waals surface area contributed by atoms with Crippen molar-refractivity contribution < 1.29 is 19.1 Å². The highest BCUT2D eigenvalue weighted by molar-refractivity contribution is 5.94. The molecule has 7 heteroatoms.